The fourth-order valence-electron chi connectivity index (χ4n) is 1.22. The molecule has 0 saturated carbocycles. The van der Waals surface area contributed by atoms with Crippen molar-refractivity contribution in [2.75, 3.05) is 0 Å². The molecule has 90 valence electrons. The summed E-state index contributed by atoms with van der Waals surface area (Å²) in [6, 6.07) is 2.92. The molecule has 0 aromatic carbocycles. The molecule has 2 heterocycles. The molecule has 2 rings (SSSR count). The molecule has 2 aromatic rings. The minimum absolute atomic E-state index is 0.188. The maximum Gasteiger partial charge on any atom is 0.246 e. The zero-order valence-corrected chi connectivity index (χ0v) is 10.6. The second-order valence-corrected chi connectivity index (χ2v) is 4.41. The van der Waals surface area contributed by atoms with Crippen LogP contribution >= 0.6 is 15.9 Å². The Balaban J connectivity index is 2.34. The Labute approximate surface area is 106 Å². The number of rotatable bonds is 3. The zero-order valence-electron chi connectivity index (χ0n) is 9.04. The van der Waals surface area contributed by atoms with Gasteiger partial charge in [0.2, 0.25) is 11.7 Å². The number of nitrogens with two attached hydrogens (primary N) is 1. The van der Waals surface area contributed by atoms with E-state index in [1.54, 1.807) is 19.2 Å². The van der Waals surface area contributed by atoms with Crippen LogP contribution in [-0.4, -0.2) is 26.3 Å². The molecule has 0 fully saturated rings. The average molecular weight is 299 g/mol. The van der Waals surface area contributed by atoms with E-state index in [0.29, 0.717) is 11.5 Å². The summed E-state index contributed by atoms with van der Waals surface area (Å²) in [7, 11) is 0. The number of halogens is 1. The largest absolute Gasteiger partial charge is 0.391 e. The van der Waals surface area contributed by atoms with Crippen LogP contribution < -0.4 is 5.73 Å². The van der Waals surface area contributed by atoms with E-state index in [-0.39, 0.29) is 5.89 Å². The zero-order chi connectivity index (χ0) is 12.4. The smallest absolute Gasteiger partial charge is 0.246 e. The molecule has 0 amide bonds. The molecule has 0 saturated heterocycles. The Morgan fingerprint density at radius 1 is 1.53 bits per heavy atom. The first-order valence-electron chi connectivity index (χ1n) is 4.97. The third-order valence-corrected chi connectivity index (χ3v) is 2.86. The van der Waals surface area contributed by atoms with Gasteiger partial charge in [-0.25, -0.2) is 0 Å². The highest BCUT2D eigenvalue weighted by atomic mass is 79.9. The number of aromatic nitrogens is 3. The summed E-state index contributed by atoms with van der Waals surface area (Å²) in [5.41, 5.74) is 6.26. The highest BCUT2D eigenvalue weighted by Crippen LogP contribution is 2.24. The van der Waals surface area contributed by atoms with Gasteiger partial charge in [-0.1, -0.05) is 5.16 Å². The molecule has 0 aliphatic rings. The van der Waals surface area contributed by atoms with E-state index in [1.165, 1.54) is 0 Å². The maximum atomic E-state index is 9.33. The van der Waals surface area contributed by atoms with E-state index < -0.39 is 12.1 Å². The standard InChI is InChI=1S/C10H11BrN4O2/c1-5(16)7(12)10-14-9(15-17-10)8-6(11)3-2-4-13-8/h2-5,7,16H,12H2,1H3. The molecule has 0 aliphatic heterocycles. The van der Waals surface area contributed by atoms with Crippen LogP contribution in [0.5, 0.6) is 0 Å². The second-order valence-electron chi connectivity index (χ2n) is 3.56. The molecule has 2 aromatic heterocycles. The molecule has 0 spiro atoms. The number of aliphatic hydroxyl groups is 1. The monoisotopic (exact) mass is 298 g/mol. The van der Waals surface area contributed by atoms with E-state index >= 15 is 0 Å². The van der Waals surface area contributed by atoms with Crippen LogP contribution in [0.15, 0.2) is 27.3 Å². The average Bonchev–Trinajstić information content (AvgIpc) is 2.77. The van der Waals surface area contributed by atoms with Gasteiger partial charge in [0.25, 0.3) is 0 Å². The lowest BCUT2D eigenvalue weighted by molar-refractivity contribution is 0.146. The maximum absolute atomic E-state index is 9.33. The van der Waals surface area contributed by atoms with Crippen LogP contribution in [0.4, 0.5) is 0 Å². The minimum atomic E-state index is -0.754. The Morgan fingerprint density at radius 3 is 2.94 bits per heavy atom. The quantitative estimate of drug-likeness (QED) is 0.885. The van der Waals surface area contributed by atoms with E-state index in [9.17, 15) is 5.11 Å². The first-order valence-corrected chi connectivity index (χ1v) is 5.77. The molecule has 17 heavy (non-hydrogen) atoms. The van der Waals surface area contributed by atoms with Crippen LogP contribution in [-0.2, 0) is 0 Å². The van der Waals surface area contributed by atoms with Gasteiger partial charge in [-0.15, -0.1) is 0 Å². The van der Waals surface area contributed by atoms with Crippen molar-refractivity contribution in [2.45, 2.75) is 19.1 Å². The van der Waals surface area contributed by atoms with E-state index in [1.807, 2.05) is 6.07 Å². The van der Waals surface area contributed by atoms with Gasteiger partial charge < -0.3 is 15.4 Å². The lowest BCUT2D eigenvalue weighted by Crippen LogP contribution is -2.23. The van der Waals surface area contributed by atoms with Crippen molar-refractivity contribution in [3.63, 3.8) is 0 Å². The highest BCUT2D eigenvalue weighted by molar-refractivity contribution is 9.10. The van der Waals surface area contributed by atoms with Gasteiger partial charge in [0.1, 0.15) is 11.7 Å². The first kappa shape index (κ1) is 12.2. The van der Waals surface area contributed by atoms with Crippen molar-refractivity contribution in [2.24, 2.45) is 5.73 Å². The lowest BCUT2D eigenvalue weighted by Gasteiger charge is -2.08. The van der Waals surface area contributed by atoms with Crippen molar-refractivity contribution in [3.8, 4) is 11.5 Å². The van der Waals surface area contributed by atoms with Gasteiger partial charge in [0, 0.05) is 10.7 Å². The number of aliphatic hydroxyl groups excluding tert-OH is 1. The van der Waals surface area contributed by atoms with Gasteiger partial charge in [0.15, 0.2) is 0 Å². The van der Waals surface area contributed by atoms with Crippen LogP contribution in [0.3, 0.4) is 0 Å². The predicted molar refractivity (Wildman–Crippen MR) is 63.8 cm³/mol. The van der Waals surface area contributed by atoms with Crippen LogP contribution in [0, 0.1) is 0 Å². The number of nitrogens with zero attached hydrogens (tertiary/aromatic N) is 3. The second kappa shape index (κ2) is 4.91. The van der Waals surface area contributed by atoms with Gasteiger partial charge in [-0.05, 0) is 35.0 Å². The highest BCUT2D eigenvalue weighted by Gasteiger charge is 2.21. The molecule has 0 bridgehead atoms. The van der Waals surface area contributed by atoms with Gasteiger partial charge in [0.05, 0.1) is 6.10 Å². The Kier molecular flexibility index (Phi) is 3.51. The number of hydrogen-bond acceptors (Lipinski definition) is 6. The van der Waals surface area contributed by atoms with Crippen molar-refractivity contribution >= 4 is 15.9 Å². The molecule has 2 atom stereocenters. The van der Waals surface area contributed by atoms with Crippen LogP contribution in [0.1, 0.15) is 18.9 Å². The van der Waals surface area contributed by atoms with Crippen molar-refractivity contribution in [1.29, 1.82) is 0 Å². The molecule has 0 aliphatic carbocycles. The van der Waals surface area contributed by atoms with E-state index in [0.717, 1.165) is 4.47 Å². The molecule has 2 unspecified atom stereocenters. The van der Waals surface area contributed by atoms with Crippen LogP contribution in [0.25, 0.3) is 11.5 Å². The van der Waals surface area contributed by atoms with E-state index in [4.69, 9.17) is 10.3 Å². The summed E-state index contributed by atoms with van der Waals surface area (Å²) in [6.07, 6.45) is 0.875. The minimum Gasteiger partial charge on any atom is -0.391 e. The molecular formula is C10H11BrN4O2. The Hall–Kier alpha value is -1.31. The molecule has 7 heteroatoms. The van der Waals surface area contributed by atoms with E-state index in [2.05, 4.69) is 31.1 Å². The third-order valence-electron chi connectivity index (χ3n) is 2.22. The Bertz CT molecular complexity index is 515. The van der Waals surface area contributed by atoms with Crippen molar-refractivity contribution in [1.82, 2.24) is 15.1 Å². The summed E-state index contributed by atoms with van der Waals surface area (Å²) < 4.78 is 5.75. The topological polar surface area (TPSA) is 98.1 Å². The molecule has 0 radical (unpaired) electrons. The predicted octanol–water partition coefficient (Wildman–Crippen LogP) is 1.27. The lowest BCUT2D eigenvalue weighted by atomic mass is 10.2. The summed E-state index contributed by atoms with van der Waals surface area (Å²) >= 11 is 3.34. The Morgan fingerprint density at radius 2 is 2.29 bits per heavy atom. The normalized spacial score (nSPS) is 14.6. The molecule has 6 nitrogen and oxygen atoms in total. The number of pyridine rings is 1. The number of hydrogen-bond donors (Lipinski definition) is 2. The van der Waals surface area contributed by atoms with Crippen molar-refractivity contribution in [3.05, 3.63) is 28.7 Å². The first-order chi connectivity index (χ1) is 8.09. The molecule has 3 N–H and O–H groups in total. The fraction of sp³-hybridized carbons (Fsp3) is 0.300. The molecular weight excluding hydrogens is 288 g/mol. The van der Waals surface area contributed by atoms with Crippen molar-refractivity contribution < 1.29 is 9.63 Å². The third kappa shape index (κ3) is 2.51. The van der Waals surface area contributed by atoms with Gasteiger partial charge in [-0.3, -0.25) is 4.98 Å². The van der Waals surface area contributed by atoms with Gasteiger partial charge >= 0.3 is 0 Å². The summed E-state index contributed by atoms with van der Waals surface area (Å²) in [6.45, 7) is 1.56. The van der Waals surface area contributed by atoms with Gasteiger partial charge in [-0.2, -0.15) is 4.98 Å². The summed E-state index contributed by atoms with van der Waals surface area (Å²) in [4.78, 5) is 8.24. The van der Waals surface area contributed by atoms with Crippen LogP contribution in [0.2, 0.25) is 0 Å². The SMILES string of the molecule is CC(O)C(N)c1nc(-c2ncccc2Br)no1. The summed E-state index contributed by atoms with van der Waals surface area (Å²) in [5.74, 6) is 0.524. The fourth-order valence-corrected chi connectivity index (χ4v) is 1.66. The summed E-state index contributed by atoms with van der Waals surface area (Å²) in [5, 5.41) is 13.1.